The van der Waals surface area contributed by atoms with E-state index in [0.29, 0.717) is 0 Å². The van der Waals surface area contributed by atoms with Crippen molar-refractivity contribution in [1.82, 2.24) is 13.7 Å². The van der Waals surface area contributed by atoms with Gasteiger partial charge in [-0.2, -0.15) is 0 Å². The Morgan fingerprint density at radius 3 is 1.24 bits per heavy atom. The summed E-state index contributed by atoms with van der Waals surface area (Å²) >= 11 is 1.92. The molecule has 2 aliphatic heterocycles. The van der Waals surface area contributed by atoms with Gasteiger partial charge in [-0.3, -0.25) is 0 Å². The Balaban J connectivity index is 0.888. The van der Waals surface area contributed by atoms with Gasteiger partial charge in [0.05, 0.1) is 38.8 Å². The van der Waals surface area contributed by atoms with E-state index in [0.717, 1.165) is 56.3 Å². The molecule has 92 heavy (non-hydrogen) atoms. The number of rotatable bonds is 8. The summed E-state index contributed by atoms with van der Waals surface area (Å²) in [6.45, 7) is 4.33. The van der Waals surface area contributed by atoms with Crippen molar-refractivity contribution in [2.45, 2.75) is 23.6 Å². The molecule has 0 aliphatic carbocycles. The predicted molar refractivity (Wildman–Crippen MR) is 391 cm³/mol. The van der Waals surface area contributed by atoms with E-state index in [1.807, 2.05) is 11.8 Å². The lowest BCUT2D eigenvalue weighted by Crippen LogP contribution is -2.60. The van der Waals surface area contributed by atoms with Crippen molar-refractivity contribution in [3.8, 4) is 61.6 Å². The van der Waals surface area contributed by atoms with Gasteiger partial charge < -0.3 is 18.6 Å². The van der Waals surface area contributed by atoms with Crippen LogP contribution in [0, 0.1) is 13.8 Å². The molecular formula is C86H57BN4S. The van der Waals surface area contributed by atoms with Crippen molar-refractivity contribution in [1.29, 1.82) is 0 Å². The molecule has 0 unspecified atom stereocenters. The molecule has 0 atom stereocenters. The molecule has 6 heteroatoms. The van der Waals surface area contributed by atoms with Gasteiger partial charge in [-0.05, 0) is 167 Å². The maximum absolute atomic E-state index is 2.67. The van der Waals surface area contributed by atoms with Crippen LogP contribution in [0.15, 0.2) is 319 Å². The van der Waals surface area contributed by atoms with Crippen LogP contribution in [-0.2, 0) is 0 Å². The second-order valence-electron chi connectivity index (χ2n) is 24.9. The van der Waals surface area contributed by atoms with Crippen LogP contribution in [-0.4, -0.2) is 20.4 Å². The number of aryl methyl sites for hydroxylation is 2. The number of aromatic nitrogens is 3. The molecule has 0 spiro atoms. The topological polar surface area (TPSA) is 18.0 Å². The van der Waals surface area contributed by atoms with E-state index in [-0.39, 0.29) is 6.71 Å². The van der Waals surface area contributed by atoms with Crippen LogP contribution in [0.4, 0.5) is 17.1 Å². The summed E-state index contributed by atoms with van der Waals surface area (Å²) in [5.74, 6) is 0. The summed E-state index contributed by atoms with van der Waals surface area (Å²) in [6, 6.07) is 116. The number of para-hydroxylation sites is 5. The Morgan fingerprint density at radius 1 is 0.272 bits per heavy atom. The van der Waals surface area contributed by atoms with E-state index >= 15 is 0 Å². The van der Waals surface area contributed by atoms with Crippen LogP contribution >= 0.6 is 11.8 Å². The molecule has 0 saturated heterocycles. The summed E-state index contributed by atoms with van der Waals surface area (Å²) in [6.07, 6.45) is 0. The minimum absolute atomic E-state index is 0.0928. The quantitative estimate of drug-likeness (QED) is 0.141. The first-order chi connectivity index (χ1) is 45.5. The summed E-state index contributed by atoms with van der Waals surface area (Å²) in [5.41, 5.74) is 29.8. The standard InChI is InChI=1S/C86H57BN4S/c1-54-34-42-77-69(46-54)70-47-55(2)35-43-78(70)90(77)64-52-82-85-84(53-64)92-83-51-61(59-39-45-80-72(49-59)68-29-16-18-33-76(68)89(80)63-26-13-6-14-27-63)37-41-74(83)87(85)73-40-36-60(58-38-44-79-71(48-58)67-28-15-17-32-75(67)88(79)62-24-11-5-12-25-62)50-81(73)91(82)86-65(56-20-7-3-8-21-56)30-19-31-66(86)57-22-9-4-10-23-57/h3-53H,1-2H3. The molecule has 3 aromatic heterocycles. The largest absolute Gasteiger partial charge is 0.310 e. The third kappa shape index (κ3) is 8.07. The molecule has 17 aromatic rings. The fraction of sp³-hybridized carbons (Fsp3) is 0.0233. The highest BCUT2D eigenvalue weighted by atomic mass is 32.2. The van der Waals surface area contributed by atoms with Crippen molar-refractivity contribution < 1.29 is 0 Å². The van der Waals surface area contributed by atoms with Crippen LogP contribution in [0.1, 0.15) is 11.1 Å². The Morgan fingerprint density at radius 2 is 0.696 bits per heavy atom. The molecular weight excluding hydrogens is 1130 g/mol. The number of fused-ring (bicyclic) bond motifs is 13. The monoisotopic (exact) mass is 1190 g/mol. The SMILES string of the molecule is Cc1ccc2c(c1)c1cc(C)ccc1n2-c1cc2c3c(c1)N(c1c(-c4ccccc4)cccc1-c1ccccc1)c1cc(-c4ccc5c(c4)c4ccccc4n5-c4ccccc4)ccc1B3c1ccc(-c3ccc4c(c3)c3ccccc3n4-c3ccccc3)cc1S2. The Kier molecular flexibility index (Phi) is 11.8. The predicted octanol–water partition coefficient (Wildman–Crippen LogP) is 21.0. The van der Waals surface area contributed by atoms with Gasteiger partial charge in [-0.25, -0.2) is 0 Å². The van der Waals surface area contributed by atoms with E-state index < -0.39 is 0 Å². The minimum Gasteiger partial charge on any atom is -0.310 e. The molecule has 0 amide bonds. The number of hydrogen-bond donors (Lipinski definition) is 0. The van der Waals surface area contributed by atoms with Crippen molar-refractivity contribution in [3.63, 3.8) is 0 Å². The summed E-state index contributed by atoms with van der Waals surface area (Å²) in [4.78, 5) is 5.19. The molecule has 2 aliphatic rings. The molecule has 19 rings (SSSR count). The first-order valence-electron chi connectivity index (χ1n) is 31.8. The van der Waals surface area contributed by atoms with Gasteiger partial charge in [0.15, 0.2) is 0 Å². The molecule has 4 nitrogen and oxygen atoms in total. The second kappa shape index (κ2) is 20.6. The van der Waals surface area contributed by atoms with Crippen LogP contribution in [0.2, 0.25) is 0 Å². The van der Waals surface area contributed by atoms with E-state index in [2.05, 4.69) is 342 Å². The Bertz CT molecular complexity index is 5770. The van der Waals surface area contributed by atoms with Gasteiger partial charge in [-0.15, -0.1) is 0 Å². The number of anilines is 3. The van der Waals surface area contributed by atoms with Gasteiger partial charge in [0.1, 0.15) is 0 Å². The third-order valence-electron chi connectivity index (χ3n) is 19.6. The first-order valence-corrected chi connectivity index (χ1v) is 32.6. The normalized spacial score (nSPS) is 12.6. The van der Waals surface area contributed by atoms with Crippen LogP contribution in [0.25, 0.3) is 127 Å². The Hall–Kier alpha value is -11.3. The van der Waals surface area contributed by atoms with E-state index in [1.54, 1.807) is 0 Å². The number of hydrogen-bond acceptors (Lipinski definition) is 2. The molecule has 0 N–H and O–H groups in total. The van der Waals surface area contributed by atoms with Crippen molar-refractivity contribution in [2.75, 3.05) is 4.90 Å². The molecule has 0 fully saturated rings. The van der Waals surface area contributed by atoms with E-state index in [1.165, 1.54) is 125 Å². The van der Waals surface area contributed by atoms with Crippen LogP contribution in [0.5, 0.6) is 0 Å². The van der Waals surface area contributed by atoms with Gasteiger partial charge in [0.2, 0.25) is 6.71 Å². The highest BCUT2D eigenvalue weighted by molar-refractivity contribution is 8.00. The van der Waals surface area contributed by atoms with Crippen molar-refractivity contribution in [3.05, 3.63) is 321 Å². The zero-order valence-corrected chi connectivity index (χ0v) is 51.5. The molecule has 0 bridgehead atoms. The lowest BCUT2D eigenvalue weighted by Gasteiger charge is -2.42. The van der Waals surface area contributed by atoms with Gasteiger partial charge >= 0.3 is 0 Å². The minimum atomic E-state index is -0.0928. The van der Waals surface area contributed by atoms with Crippen molar-refractivity contribution >= 4 is 117 Å². The van der Waals surface area contributed by atoms with Gasteiger partial charge in [0, 0.05) is 81.7 Å². The average molecular weight is 1190 g/mol. The number of nitrogens with zero attached hydrogens (tertiary/aromatic N) is 4. The first kappa shape index (κ1) is 52.6. The Labute approximate surface area is 538 Å². The summed E-state index contributed by atoms with van der Waals surface area (Å²) in [5, 5.41) is 7.47. The fourth-order valence-electron chi connectivity index (χ4n) is 15.5. The second-order valence-corrected chi connectivity index (χ2v) is 26.0. The van der Waals surface area contributed by atoms with Crippen LogP contribution in [0.3, 0.4) is 0 Å². The molecule has 5 heterocycles. The fourth-order valence-corrected chi connectivity index (χ4v) is 16.7. The lowest BCUT2D eigenvalue weighted by molar-refractivity contribution is 1.15. The average Bonchev–Trinajstić information content (AvgIpc) is 0.864. The lowest BCUT2D eigenvalue weighted by atomic mass is 9.34. The summed E-state index contributed by atoms with van der Waals surface area (Å²) < 4.78 is 7.35. The smallest absolute Gasteiger partial charge is 0.249 e. The molecule has 430 valence electrons. The van der Waals surface area contributed by atoms with Crippen molar-refractivity contribution in [2.24, 2.45) is 0 Å². The molecule has 0 saturated carbocycles. The van der Waals surface area contributed by atoms with Gasteiger partial charge in [-0.1, -0.05) is 229 Å². The van der Waals surface area contributed by atoms with E-state index in [9.17, 15) is 0 Å². The maximum atomic E-state index is 2.67. The van der Waals surface area contributed by atoms with E-state index in [4.69, 9.17) is 0 Å². The van der Waals surface area contributed by atoms with Crippen LogP contribution < -0.4 is 21.3 Å². The highest BCUT2D eigenvalue weighted by Gasteiger charge is 2.43. The zero-order valence-electron chi connectivity index (χ0n) is 50.7. The van der Waals surface area contributed by atoms with Gasteiger partial charge in [0.25, 0.3) is 0 Å². The summed E-state index contributed by atoms with van der Waals surface area (Å²) in [7, 11) is 0. The highest BCUT2D eigenvalue weighted by Crippen LogP contribution is 2.51. The maximum Gasteiger partial charge on any atom is 0.249 e. The molecule has 0 radical (unpaired) electrons. The zero-order chi connectivity index (χ0) is 60.7. The third-order valence-corrected chi connectivity index (χ3v) is 20.7. The number of benzene rings is 14. The molecule has 14 aromatic carbocycles.